The summed E-state index contributed by atoms with van der Waals surface area (Å²) in [4.78, 5) is 0. The Morgan fingerprint density at radius 1 is 1.06 bits per heavy atom. The summed E-state index contributed by atoms with van der Waals surface area (Å²) in [6.07, 6.45) is 10.1. The van der Waals surface area contributed by atoms with Gasteiger partial charge >= 0.3 is 0 Å². The second-order valence-corrected chi connectivity index (χ2v) is 6.08. The highest BCUT2D eigenvalue weighted by molar-refractivity contribution is 4.82. The number of hydrogen-bond donors (Lipinski definition) is 1. The normalized spacial score (nSPS) is 29.8. The SMILES string of the molecule is CCC(CC)CC1CC(CC)CCC1CNC. The van der Waals surface area contributed by atoms with Gasteiger partial charge < -0.3 is 5.32 Å². The van der Waals surface area contributed by atoms with Crippen LogP contribution in [-0.4, -0.2) is 13.6 Å². The molecule has 3 unspecified atom stereocenters. The zero-order chi connectivity index (χ0) is 12.7. The molecule has 3 atom stereocenters. The Balaban J connectivity index is 2.53. The van der Waals surface area contributed by atoms with Crippen molar-refractivity contribution in [2.24, 2.45) is 23.7 Å². The molecule has 1 fully saturated rings. The average Bonchev–Trinajstić information content (AvgIpc) is 2.37. The Bertz CT molecular complexity index is 186. The van der Waals surface area contributed by atoms with Crippen LogP contribution < -0.4 is 5.32 Å². The summed E-state index contributed by atoms with van der Waals surface area (Å²) < 4.78 is 0. The lowest BCUT2D eigenvalue weighted by molar-refractivity contribution is 0.144. The second-order valence-electron chi connectivity index (χ2n) is 6.08. The van der Waals surface area contributed by atoms with Crippen molar-refractivity contribution in [2.75, 3.05) is 13.6 Å². The summed E-state index contributed by atoms with van der Waals surface area (Å²) in [5, 5.41) is 3.41. The predicted octanol–water partition coefficient (Wildman–Crippen LogP) is 4.47. The molecule has 1 saturated carbocycles. The first-order valence-electron chi connectivity index (χ1n) is 7.89. The lowest BCUT2D eigenvalue weighted by Gasteiger charge is -2.37. The van der Waals surface area contributed by atoms with E-state index in [0.29, 0.717) is 0 Å². The summed E-state index contributed by atoms with van der Waals surface area (Å²) in [7, 11) is 2.11. The van der Waals surface area contributed by atoms with Gasteiger partial charge in [0.05, 0.1) is 0 Å². The molecule has 0 aromatic rings. The quantitative estimate of drug-likeness (QED) is 0.691. The van der Waals surface area contributed by atoms with Crippen molar-refractivity contribution in [3.63, 3.8) is 0 Å². The van der Waals surface area contributed by atoms with Gasteiger partial charge in [-0.25, -0.2) is 0 Å². The smallest absolute Gasteiger partial charge is 0.00209 e. The van der Waals surface area contributed by atoms with Crippen LogP contribution in [0.15, 0.2) is 0 Å². The van der Waals surface area contributed by atoms with Crippen LogP contribution in [0.5, 0.6) is 0 Å². The van der Waals surface area contributed by atoms with Gasteiger partial charge in [0.15, 0.2) is 0 Å². The number of nitrogens with one attached hydrogen (secondary N) is 1. The van der Waals surface area contributed by atoms with Crippen LogP contribution in [0.25, 0.3) is 0 Å². The average molecular weight is 239 g/mol. The Morgan fingerprint density at radius 3 is 2.29 bits per heavy atom. The van der Waals surface area contributed by atoms with Gasteiger partial charge in [0.1, 0.15) is 0 Å². The Morgan fingerprint density at radius 2 is 1.76 bits per heavy atom. The molecule has 0 aromatic heterocycles. The van der Waals surface area contributed by atoms with Crippen molar-refractivity contribution in [2.45, 2.75) is 65.7 Å². The fourth-order valence-electron chi connectivity index (χ4n) is 3.66. The zero-order valence-corrected chi connectivity index (χ0v) is 12.5. The first-order valence-corrected chi connectivity index (χ1v) is 7.89. The lowest BCUT2D eigenvalue weighted by atomic mass is 9.69. The third kappa shape index (κ3) is 4.62. The Labute approximate surface area is 109 Å². The van der Waals surface area contributed by atoms with E-state index in [0.717, 1.165) is 23.7 Å². The van der Waals surface area contributed by atoms with E-state index in [1.807, 2.05) is 0 Å². The van der Waals surface area contributed by atoms with Gasteiger partial charge in [-0.15, -0.1) is 0 Å². The molecule has 0 spiro atoms. The third-order valence-corrected chi connectivity index (χ3v) is 5.08. The molecule has 0 amide bonds. The molecule has 0 saturated heterocycles. The topological polar surface area (TPSA) is 12.0 Å². The van der Waals surface area contributed by atoms with Crippen LogP contribution >= 0.6 is 0 Å². The maximum absolute atomic E-state index is 3.41. The minimum atomic E-state index is 0.948. The number of rotatable bonds is 7. The van der Waals surface area contributed by atoms with E-state index < -0.39 is 0 Å². The van der Waals surface area contributed by atoms with E-state index in [-0.39, 0.29) is 0 Å². The van der Waals surface area contributed by atoms with Crippen LogP contribution in [0, 0.1) is 23.7 Å². The van der Waals surface area contributed by atoms with Crippen LogP contribution in [0.3, 0.4) is 0 Å². The Hall–Kier alpha value is -0.0400. The van der Waals surface area contributed by atoms with Crippen LogP contribution in [0.1, 0.15) is 65.7 Å². The largest absolute Gasteiger partial charge is 0.319 e. The summed E-state index contributed by atoms with van der Waals surface area (Å²) in [6.45, 7) is 8.33. The molecule has 1 aliphatic rings. The van der Waals surface area contributed by atoms with Gasteiger partial charge in [0.25, 0.3) is 0 Å². The molecular weight excluding hydrogens is 206 g/mol. The summed E-state index contributed by atoms with van der Waals surface area (Å²) in [5.74, 6) is 3.92. The third-order valence-electron chi connectivity index (χ3n) is 5.08. The number of hydrogen-bond acceptors (Lipinski definition) is 1. The summed E-state index contributed by atoms with van der Waals surface area (Å²) in [6, 6.07) is 0. The second kappa shape index (κ2) is 8.13. The molecular formula is C16H33N. The highest BCUT2D eigenvalue weighted by Crippen LogP contribution is 2.39. The van der Waals surface area contributed by atoms with Crippen molar-refractivity contribution in [1.29, 1.82) is 0 Å². The molecule has 102 valence electrons. The highest BCUT2D eigenvalue weighted by atomic mass is 14.8. The van der Waals surface area contributed by atoms with Crippen LogP contribution in [0.4, 0.5) is 0 Å². The van der Waals surface area contributed by atoms with Crippen LogP contribution in [-0.2, 0) is 0 Å². The van der Waals surface area contributed by atoms with Crippen molar-refractivity contribution in [3.8, 4) is 0 Å². The van der Waals surface area contributed by atoms with Crippen molar-refractivity contribution in [1.82, 2.24) is 5.32 Å². The lowest BCUT2D eigenvalue weighted by Crippen LogP contribution is -2.32. The summed E-state index contributed by atoms with van der Waals surface area (Å²) in [5.41, 5.74) is 0. The molecule has 0 radical (unpaired) electrons. The minimum absolute atomic E-state index is 0.948. The molecule has 0 heterocycles. The zero-order valence-electron chi connectivity index (χ0n) is 12.5. The molecule has 1 rings (SSSR count). The minimum Gasteiger partial charge on any atom is -0.319 e. The van der Waals surface area contributed by atoms with E-state index in [4.69, 9.17) is 0 Å². The maximum atomic E-state index is 3.41. The molecule has 0 aromatic carbocycles. The first kappa shape index (κ1) is 15.0. The van der Waals surface area contributed by atoms with Gasteiger partial charge in [-0.3, -0.25) is 0 Å². The first-order chi connectivity index (χ1) is 8.24. The molecule has 1 nitrogen and oxygen atoms in total. The monoisotopic (exact) mass is 239 g/mol. The fraction of sp³-hybridized carbons (Fsp3) is 1.00. The predicted molar refractivity (Wildman–Crippen MR) is 77.2 cm³/mol. The van der Waals surface area contributed by atoms with Gasteiger partial charge in [0.2, 0.25) is 0 Å². The van der Waals surface area contributed by atoms with E-state index in [1.54, 1.807) is 0 Å². The molecule has 1 aliphatic carbocycles. The molecule has 0 aliphatic heterocycles. The molecule has 1 heteroatoms. The van der Waals surface area contributed by atoms with Crippen LogP contribution in [0.2, 0.25) is 0 Å². The van der Waals surface area contributed by atoms with E-state index >= 15 is 0 Å². The molecule has 0 bridgehead atoms. The van der Waals surface area contributed by atoms with E-state index in [2.05, 4.69) is 33.1 Å². The molecule has 1 N–H and O–H groups in total. The molecule has 17 heavy (non-hydrogen) atoms. The maximum Gasteiger partial charge on any atom is -0.00209 e. The van der Waals surface area contributed by atoms with Crippen molar-refractivity contribution < 1.29 is 0 Å². The van der Waals surface area contributed by atoms with Crippen molar-refractivity contribution >= 4 is 0 Å². The van der Waals surface area contributed by atoms with E-state index in [1.165, 1.54) is 51.5 Å². The standard InChI is InChI=1S/C16H33N/c1-5-13(6-2)10-16-11-14(7-3)8-9-15(16)12-17-4/h13-17H,5-12H2,1-4H3. The van der Waals surface area contributed by atoms with Gasteiger partial charge in [-0.2, -0.15) is 0 Å². The summed E-state index contributed by atoms with van der Waals surface area (Å²) >= 11 is 0. The Kier molecular flexibility index (Phi) is 7.18. The van der Waals surface area contributed by atoms with Gasteiger partial charge in [0, 0.05) is 0 Å². The van der Waals surface area contributed by atoms with Crippen molar-refractivity contribution in [3.05, 3.63) is 0 Å². The van der Waals surface area contributed by atoms with E-state index in [9.17, 15) is 0 Å². The highest BCUT2D eigenvalue weighted by Gasteiger charge is 2.30. The van der Waals surface area contributed by atoms with Gasteiger partial charge in [-0.05, 0) is 56.5 Å². The fourth-order valence-corrected chi connectivity index (χ4v) is 3.66. The van der Waals surface area contributed by atoms with Gasteiger partial charge in [-0.1, -0.05) is 46.5 Å².